The summed E-state index contributed by atoms with van der Waals surface area (Å²) in [5, 5.41) is 0. The van der Waals surface area contributed by atoms with E-state index in [0.29, 0.717) is 19.0 Å². The summed E-state index contributed by atoms with van der Waals surface area (Å²) in [6.45, 7) is 3.35. The first kappa shape index (κ1) is 6.59. The van der Waals surface area contributed by atoms with E-state index in [0.717, 1.165) is 5.92 Å². The molecule has 2 unspecified atom stereocenters. The van der Waals surface area contributed by atoms with Gasteiger partial charge in [0.05, 0.1) is 6.61 Å². The Bertz CT molecular complexity index is 101. The van der Waals surface area contributed by atoms with Crippen LogP contribution in [0, 0.1) is 11.8 Å². The van der Waals surface area contributed by atoms with Crippen LogP contribution in [0.3, 0.4) is 0 Å². The Morgan fingerprint density at radius 2 is 2.44 bits per heavy atom. The summed E-state index contributed by atoms with van der Waals surface area (Å²) in [6.07, 6.45) is 2.48. The standard InChI is InChI=1S/C7H12O2/c1-2-6-3-7(6)4-9-5-8/h5-7H,2-4H2,1H3. The van der Waals surface area contributed by atoms with Crippen LogP contribution in [0.2, 0.25) is 0 Å². The Kier molecular flexibility index (Phi) is 2.09. The second-order valence-electron chi connectivity index (χ2n) is 2.59. The van der Waals surface area contributed by atoms with Crippen LogP contribution in [0.1, 0.15) is 19.8 Å². The van der Waals surface area contributed by atoms with Crippen LogP contribution >= 0.6 is 0 Å². The van der Waals surface area contributed by atoms with E-state index in [1.54, 1.807) is 0 Å². The SMILES string of the molecule is CCC1CC1COC=O. The fraction of sp³-hybridized carbons (Fsp3) is 0.857. The summed E-state index contributed by atoms with van der Waals surface area (Å²) in [7, 11) is 0. The van der Waals surface area contributed by atoms with Crippen molar-refractivity contribution in [3.05, 3.63) is 0 Å². The first-order valence-corrected chi connectivity index (χ1v) is 3.43. The average molecular weight is 128 g/mol. The Labute approximate surface area is 55.2 Å². The zero-order valence-corrected chi connectivity index (χ0v) is 5.67. The number of carbonyl (C=O) groups is 1. The topological polar surface area (TPSA) is 26.3 Å². The normalized spacial score (nSPS) is 31.7. The highest BCUT2D eigenvalue weighted by Gasteiger charge is 2.35. The van der Waals surface area contributed by atoms with Crippen molar-refractivity contribution in [2.24, 2.45) is 11.8 Å². The molecule has 0 N–H and O–H groups in total. The predicted molar refractivity (Wildman–Crippen MR) is 33.9 cm³/mol. The second kappa shape index (κ2) is 2.85. The molecule has 1 fully saturated rings. The van der Waals surface area contributed by atoms with Crippen LogP contribution in [-0.4, -0.2) is 13.1 Å². The maximum atomic E-state index is 9.71. The first-order valence-electron chi connectivity index (χ1n) is 3.43. The first-order chi connectivity index (χ1) is 4.38. The van der Waals surface area contributed by atoms with Crippen molar-refractivity contribution in [2.75, 3.05) is 6.61 Å². The quantitative estimate of drug-likeness (QED) is 0.532. The summed E-state index contributed by atoms with van der Waals surface area (Å²) >= 11 is 0. The molecule has 1 rings (SSSR count). The van der Waals surface area contributed by atoms with Gasteiger partial charge in [-0.2, -0.15) is 0 Å². The third-order valence-electron chi connectivity index (χ3n) is 1.97. The number of rotatable bonds is 4. The molecule has 0 bridgehead atoms. The number of hydrogen-bond donors (Lipinski definition) is 0. The van der Waals surface area contributed by atoms with Gasteiger partial charge in [0, 0.05) is 0 Å². The molecule has 1 aliphatic carbocycles. The van der Waals surface area contributed by atoms with Gasteiger partial charge < -0.3 is 4.74 Å². The van der Waals surface area contributed by atoms with Crippen molar-refractivity contribution in [2.45, 2.75) is 19.8 Å². The van der Waals surface area contributed by atoms with E-state index in [1.165, 1.54) is 12.8 Å². The van der Waals surface area contributed by atoms with Crippen molar-refractivity contribution in [1.82, 2.24) is 0 Å². The lowest BCUT2D eigenvalue weighted by atomic mass is 10.3. The molecule has 1 aliphatic rings. The molecule has 0 aromatic carbocycles. The molecule has 0 spiro atoms. The minimum atomic E-state index is 0.533. The van der Waals surface area contributed by atoms with Crippen molar-refractivity contribution >= 4 is 6.47 Å². The molecule has 0 saturated heterocycles. The summed E-state index contributed by atoms with van der Waals surface area (Å²) in [6, 6.07) is 0. The van der Waals surface area contributed by atoms with Crippen LogP contribution < -0.4 is 0 Å². The van der Waals surface area contributed by atoms with Crippen LogP contribution in [0.25, 0.3) is 0 Å². The fourth-order valence-electron chi connectivity index (χ4n) is 1.18. The van der Waals surface area contributed by atoms with Gasteiger partial charge in [-0.1, -0.05) is 13.3 Å². The molecule has 52 valence electrons. The van der Waals surface area contributed by atoms with Crippen molar-refractivity contribution in [3.63, 3.8) is 0 Å². The lowest BCUT2D eigenvalue weighted by Gasteiger charge is -1.93. The van der Waals surface area contributed by atoms with E-state index in [9.17, 15) is 4.79 Å². The van der Waals surface area contributed by atoms with Gasteiger partial charge in [-0.05, 0) is 18.3 Å². The van der Waals surface area contributed by atoms with Crippen molar-refractivity contribution in [3.8, 4) is 0 Å². The Hall–Kier alpha value is -0.530. The molecule has 2 nitrogen and oxygen atoms in total. The van der Waals surface area contributed by atoms with Gasteiger partial charge in [-0.3, -0.25) is 4.79 Å². The van der Waals surface area contributed by atoms with Crippen LogP contribution in [0.15, 0.2) is 0 Å². The molecule has 2 atom stereocenters. The van der Waals surface area contributed by atoms with Gasteiger partial charge in [-0.15, -0.1) is 0 Å². The van der Waals surface area contributed by atoms with Crippen molar-refractivity contribution < 1.29 is 9.53 Å². The minimum absolute atomic E-state index is 0.533. The smallest absolute Gasteiger partial charge is 0.293 e. The lowest BCUT2D eigenvalue weighted by molar-refractivity contribution is -0.129. The van der Waals surface area contributed by atoms with E-state index in [4.69, 9.17) is 0 Å². The molecular formula is C7H12O2. The van der Waals surface area contributed by atoms with Gasteiger partial charge in [0.2, 0.25) is 0 Å². The Balaban J connectivity index is 1.98. The lowest BCUT2D eigenvalue weighted by Crippen LogP contribution is -1.94. The molecule has 1 saturated carbocycles. The van der Waals surface area contributed by atoms with E-state index in [2.05, 4.69) is 11.7 Å². The maximum Gasteiger partial charge on any atom is 0.293 e. The third kappa shape index (κ3) is 1.70. The van der Waals surface area contributed by atoms with E-state index in [-0.39, 0.29) is 0 Å². The number of ether oxygens (including phenoxy) is 1. The van der Waals surface area contributed by atoms with E-state index >= 15 is 0 Å². The summed E-state index contributed by atoms with van der Waals surface area (Å²) in [5.41, 5.74) is 0. The summed E-state index contributed by atoms with van der Waals surface area (Å²) in [5.74, 6) is 1.52. The van der Waals surface area contributed by atoms with Gasteiger partial charge >= 0.3 is 0 Å². The minimum Gasteiger partial charge on any atom is -0.468 e. The fourth-order valence-corrected chi connectivity index (χ4v) is 1.18. The van der Waals surface area contributed by atoms with Crippen LogP contribution in [-0.2, 0) is 9.53 Å². The predicted octanol–water partition coefficient (Wildman–Crippen LogP) is 1.21. The van der Waals surface area contributed by atoms with Crippen LogP contribution in [0.4, 0.5) is 0 Å². The molecule has 0 heterocycles. The van der Waals surface area contributed by atoms with E-state index < -0.39 is 0 Å². The molecular weight excluding hydrogens is 116 g/mol. The zero-order chi connectivity index (χ0) is 6.69. The highest BCUT2D eigenvalue weighted by atomic mass is 16.5. The molecule has 0 aromatic heterocycles. The third-order valence-corrected chi connectivity index (χ3v) is 1.97. The van der Waals surface area contributed by atoms with Gasteiger partial charge in [0.1, 0.15) is 0 Å². The van der Waals surface area contributed by atoms with Crippen LogP contribution in [0.5, 0.6) is 0 Å². The molecule has 0 aromatic rings. The number of carbonyl (C=O) groups excluding carboxylic acids is 1. The summed E-state index contributed by atoms with van der Waals surface area (Å²) in [4.78, 5) is 9.71. The van der Waals surface area contributed by atoms with Crippen molar-refractivity contribution in [1.29, 1.82) is 0 Å². The molecule has 0 radical (unpaired) electrons. The molecule has 2 heteroatoms. The Morgan fingerprint density at radius 3 is 2.89 bits per heavy atom. The summed E-state index contributed by atoms with van der Waals surface area (Å²) < 4.78 is 4.61. The molecule has 0 aliphatic heterocycles. The largest absolute Gasteiger partial charge is 0.468 e. The van der Waals surface area contributed by atoms with Gasteiger partial charge in [0.25, 0.3) is 6.47 Å². The molecule has 9 heavy (non-hydrogen) atoms. The highest BCUT2D eigenvalue weighted by molar-refractivity contribution is 5.36. The Morgan fingerprint density at radius 1 is 1.67 bits per heavy atom. The highest BCUT2D eigenvalue weighted by Crippen LogP contribution is 2.40. The zero-order valence-electron chi connectivity index (χ0n) is 5.67. The second-order valence-corrected chi connectivity index (χ2v) is 2.59. The van der Waals surface area contributed by atoms with E-state index in [1.807, 2.05) is 0 Å². The monoisotopic (exact) mass is 128 g/mol. The average Bonchev–Trinajstić information content (AvgIpc) is 2.62. The number of hydrogen-bond acceptors (Lipinski definition) is 2. The maximum absolute atomic E-state index is 9.71. The van der Waals surface area contributed by atoms with Gasteiger partial charge in [0.15, 0.2) is 0 Å². The molecule has 0 amide bonds. The van der Waals surface area contributed by atoms with Gasteiger partial charge in [-0.25, -0.2) is 0 Å².